The number of hydrogen-bond donors (Lipinski definition) is 0. The lowest BCUT2D eigenvalue weighted by atomic mass is 9.78. The molecule has 8 heteroatoms. The van der Waals surface area contributed by atoms with E-state index >= 15 is 0 Å². The van der Waals surface area contributed by atoms with Crippen molar-refractivity contribution in [2.75, 3.05) is 24.7 Å². The van der Waals surface area contributed by atoms with Gasteiger partial charge in [0.05, 0.1) is 0 Å². The molecule has 0 aliphatic carbocycles. The van der Waals surface area contributed by atoms with E-state index in [1.165, 1.54) is 34.4 Å². The van der Waals surface area contributed by atoms with Gasteiger partial charge in [0.2, 0.25) is 0 Å². The molecule has 4 aromatic carbocycles. The first-order valence-electron chi connectivity index (χ1n) is 16.9. The molecule has 2 atom stereocenters. The van der Waals surface area contributed by atoms with Crippen LogP contribution in [-0.4, -0.2) is 48.9 Å². The molecule has 0 aliphatic heterocycles. The molecule has 268 valence electrons. The highest BCUT2D eigenvalue weighted by molar-refractivity contribution is 7.98. The van der Waals surface area contributed by atoms with Crippen molar-refractivity contribution in [2.24, 2.45) is 0 Å². The number of esters is 2. The standard InChI is InChI=1S/C43H48O6S2/c1-7-41(44)48-39(29-50-27-33-13-9-31(3)10-14-33)25-46-37-21-17-35(18-22-37)43(5,6)36-19-23-38(24-20-36)47-26-40(49-42(45)8-2)30-51-28-34-15-11-32(4)12-16-34/h7-24,39-40H,1-2,25-30H2,3-6H3. The number of aryl methyl sites for hydroxylation is 2. The lowest BCUT2D eigenvalue weighted by Gasteiger charge is -2.27. The number of carbonyl (C=O) groups is 2. The van der Waals surface area contributed by atoms with Crippen LogP contribution >= 0.6 is 23.5 Å². The zero-order valence-electron chi connectivity index (χ0n) is 30.0. The highest BCUT2D eigenvalue weighted by atomic mass is 32.2. The van der Waals surface area contributed by atoms with Crippen LogP contribution in [0, 0.1) is 13.8 Å². The van der Waals surface area contributed by atoms with Gasteiger partial charge in [0.25, 0.3) is 0 Å². The van der Waals surface area contributed by atoms with Gasteiger partial charge in [0.1, 0.15) is 36.9 Å². The van der Waals surface area contributed by atoms with Crippen molar-refractivity contribution in [1.82, 2.24) is 0 Å². The Labute approximate surface area is 311 Å². The topological polar surface area (TPSA) is 71.1 Å². The van der Waals surface area contributed by atoms with Crippen LogP contribution in [0.1, 0.15) is 47.2 Å². The van der Waals surface area contributed by atoms with E-state index in [1.807, 2.05) is 24.3 Å². The lowest BCUT2D eigenvalue weighted by Crippen LogP contribution is -2.27. The first-order chi connectivity index (χ1) is 24.5. The molecule has 51 heavy (non-hydrogen) atoms. The molecule has 0 N–H and O–H groups in total. The molecule has 6 nitrogen and oxygen atoms in total. The van der Waals surface area contributed by atoms with Crippen LogP contribution in [0.3, 0.4) is 0 Å². The van der Waals surface area contributed by atoms with E-state index in [0.29, 0.717) is 23.0 Å². The number of rotatable bonds is 20. The number of ether oxygens (including phenoxy) is 4. The zero-order valence-corrected chi connectivity index (χ0v) is 31.6. The second-order valence-corrected chi connectivity index (χ2v) is 14.9. The second-order valence-electron chi connectivity index (χ2n) is 12.8. The quantitative estimate of drug-likeness (QED) is 0.0660. The van der Waals surface area contributed by atoms with Crippen LogP contribution in [0.15, 0.2) is 122 Å². The summed E-state index contributed by atoms with van der Waals surface area (Å²) >= 11 is 3.39. The van der Waals surface area contributed by atoms with Crippen LogP contribution in [0.4, 0.5) is 0 Å². The molecule has 0 amide bonds. The predicted molar refractivity (Wildman–Crippen MR) is 211 cm³/mol. The van der Waals surface area contributed by atoms with Crippen molar-refractivity contribution in [3.05, 3.63) is 156 Å². The van der Waals surface area contributed by atoms with Crippen LogP contribution in [0.25, 0.3) is 0 Å². The molecule has 4 aromatic rings. The van der Waals surface area contributed by atoms with E-state index in [0.717, 1.165) is 22.6 Å². The van der Waals surface area contributed by atoms with Gasteiger partial charge in [0, 0.05) is 40.6 Å². The molecule has 0 saturated heterocycles. The summed E-state index contributed by atoms with van der Waals surface area (Å²) < 4.78 is 23.3. The minimum absolute atomic E-state index is 0.240. The highest BCUT2D eigenvalue weighted by Crippen LogP contribution is 2.33. The predicted octanol–water partition coefficient (Wildman–Crippen LogP) is 9.45. The first kappa shape index (κ1) is 39.4. The fourth-order valence-electron chi connectivity index (χ4n) is 5.12. The normalized spacial score (nSPS) is 12.3. The summed E-state index contributed by atoms with van der Waals surface area (Å²) in [4.78, 5) is 24.0. The summed E-state index contributed by atoms with van der Waals surface area (Å²) in [5.74, 6) is 3.32. The maximum Gasteiger partial charge on any atom is 0.330 e. The van der Waals surface area contributed by atoms with Gasteiger partial charge in [-0.15, -0.1) is 0 Å². The van der Waals surface area contributed by atoms with Crippen molar-refractivity contribution in [3.63, 3.8) is 0 Å². The number of hydrogen-bond acceptors (Lipinski definition) is 8. The van der Waals surface area contributed by atoms with Gasteiger partial charge < -0.3 is 18.9 Å². The molecule has 0 radical (unpaired) electrons. The van der Waals surface area contributed by atoms with Gasteiger partial charge in [-0.25, -0.2) is 9.59 Å². The second kappa shape index (κ2) is 19.8. The summed E-state index contributed by atoms with van der Waals surface area (Å²) in [5.41, 5.74) is 6.84. The monoisotopic (exact) mass is 724 g/mol. The minimum atomic E-state index is -0.461. The molecule has 4 rings (SSSR count). The van der Waals surface area contributed by atoms with Crippen LogP contribution < -0.4 is 9.47 Å². The Morgan fingerprint density at radius 1 is 0.608 bits per heavy atom. The van der Waals surface area contributed by atoms with Crippen molar-refractivity contribution in [1.29, 1.82) is 0 Å². The molecule has 0 aliphatic rings. The SMILES string of the molecule is C=CC(=O)OC(COc1ccc(C(C)(C)c2ccc(OCC(CSCc3ccc(C)cc3)OC(=O)C=C)cc2)cc1)CSCc1ccc(C)cc1. The average molecular weight is 725 g/mol. The highest BCUT2D eigenvalue weighted by Gasteiger charge is 2.24. The van der Waals surface area contributed by atoms with Crippen LogP contribution in [-0.2, 0) is 36.0 Å². The molecule has 0 aromatic heterocycles. The van der Waals surface area contributed by atoms with E-state index in [-0.39, 0.29) is 18.6 Å². The van der Waals surface area contributed by atoms with E-state index < -0.39 is 24.1 Å². The summed E-state index contributed by atoms with van der Waals surface area (Å²) in [7, 11) is 0. The molecule has 0 fully saturated rings. The molecule has 2 unspecified atom stereocenters. The van der Waals surface area contributed by atoms with E-state index in [1.54, 1.807) is 23.5 Å². The van der Waals surface area contributed by atoms with Crippen molar-refractivity contribution < 1.29 is 28.5 Å². The van der Waals surface area contributed by atoms with Gasteiger partial charge in [-0.05, 0) is 60.4 Å². The summed E-state index contributed by atoms with van der Waals surface area (Å²) in [6.07, 6.45) is 1.53. The van der Waals surface area contributed by atoms with Crippen molar-refractivity contribution in [3.8, 4) is 11.5 Å². The lowest BCUT2D eigenvalue weighted by molar-refractivity contribution is -0.144. The Balaban J connectivity index is 1.29. The van der Waals surface area contributed by atoms with Gasteiger partial charge in [-0.3, -0.25) is 0 Å². The summed E-state index contributed by atoms with van der Waals surface area (Å²) in [5, 5.41) is 0. The average Bonchev–Trinajstić information content (AvgIpc) is 3.14. The fraction of sp³-hybridized carbons (Fsp3) is 0.302. The number of benzene rings is 4. The third kappa shape index (κ3) is 13.0. The van der Waals surface area contributed by atoms with Gasteiger partial charge in [0.15, 0.2) is 0 Å². The Morgan fingerprint density at radius 3 is 1.29 bits per heavy atom. The van der Waals surface area contributed by atoms with Crippen molar-refractivity contribution >= 4 is 35.5 Å². The van der Waals surface area contributed by atoms with E-state index in [4.69, 9.17) is 18.9 Å². The van der Waals surface area contributed by atoms with Crippen LogP contribution in [0.2, 0.25) is 0 Å². The van der Waals surface area contributed by atoms with Gasteiger partial charge in [-0.1, -0.05) is 111 Å². The zero-order chi connectivity index (χ0) is 36.6. The molecule has 0 saturated carbocycles. The van der Waals surface area contributed by atoms with E-state index in [2.05, 4.69) is 114 Å². The Kier molecular flexibility index (Phi) is 15.3. The van der Waals surface area contributed by atoms with E-state index in [9.17, 15) is 9.59 Å². The Morgan fingerprint density at radius 2 is 0.961 bits per heavy atom. The molecule has 0 spiro atoms. The summed E-state index contributed by atoms with van der Waals surface area (Å²) in [6, 6.07) is 32.9. The molecule has 0 heterocycles. The molecular weight excluding hydrogens is 677 g/mol. The third-order valence-electron chi connectivity index (χ3n) is 8.31. The molecular formula is C43H48O6S2. The fourth-order valence-corrected chi connectivity index (χ4v) is 7.07. The van der Waals surface area contributed by atoms with Crippen molar-refractivity contribution in [2.45, 2.75) is 56.8 Å². The largest absolute Gasteiger partial charge is 0.490 e. The van der Waals surface area contributed by atoms with Gasteiger partial charge in [-0.2, -0.15) is 23.5 Å². The maximum atomic E-state index is 12.0. The maximum absolute atomic E-state index is 12.0. The Hall–Kier alpha value is -4.40. The minimum Gasteiger partial charge on any atom is -0.490 e. The Bertz CT molecular complexity index is 1570. The number of carbonyl (C=O) groups excluding carboxylic acids is 2. The number of thioether (sulfide) groups is 2. The smallest absolute Gasteiger partial charge is 0.330 e. The first-order valence-corrected chi connectivity index (χ1v) is 19.3. The summed E-state index contributed by atoms with van der Waals surface area (Å²) in [6.45, 7) is 16.0. The van der Waals surface area contributed by atoms with Crippen LogP contribution in [0.5, 0.6) is 11.5 Å². The van der Waals surface area contributed by atoms with Gasteiger partial charge >= 0.3 is 11.9 Å². The third-order valence-corrected chi connectivity index (χ3v) is 10.6. The molecule has 0 bridgehead atoms.